The molecule has 1 aromatic carbocycles. The number of benzene rings is 1. The van der Waals surface area contributed by atoms with Crippen molar-refractivity contribution in [3.8, 4) is 0 Å². The van der Waals surface area contributed by atoms with Gasteiger partial charge in [0.1, 0.15) is 0 Å². The van der Waals surface area contributed by atoms with Gasteiger partial charge < -0.3 is 10.2 Å². The Morgan fingerprint density at radius 3 is 2.71 bits per heavy atom. The van der Waals surface area contributed by atoms with E-state index in [0.29, 0.717) is 5.92 Å². The summed E-state index contributed by atoms with van der Waals surface area (Å²) in [4.78, 5) is 14.3. The van der Waals surface area contributed by atoms with Crippen molar-refractivity contribution in [3.05, 3.63) is 42.1 Å². The zero-order chi connectivity index (χ0) is 14.5. The molecule has 2 heterocycles. The van der Waals surface area contributed by atoms with E-state index in [2.05, 4.69) is 19.0 Å². The first kappa shape index (κ1) is 14.0. The van der Waals surface area contributed by atoms with Crippen LogP contribution in [0.15, 0.2) is 36.5 Å². The van der Waals surface area contributed by atoms with Crippen molar-refractivity contribution in [3.63, 3.8) is 0 Å². The molecule has 110 valence electrons. The lowest BCUT2D eigenvalue weighted by atomic mass is 9.96. The van der Waals surface area contributed by atoms with E-state index < -0.39 is 0 Å². The van der Waals surface area contributed by atoms with Crippen molar-refractivity contribution < 1.29 is 4.79 Å². The van der Waals surface area contributed by atoms with Gasteiger partial charge in [0.25, 0.3) is 5.91 Å². The number of piperidine rings is 1. The standard InChI is InChI=1S/C15H18N4OS/c20-15(13-4-2-1-3-5-13)16-10-12-6-8-19(9-7-12)14-11-17-21-18-14/h1-5,11-12H,6-10H2,(H,16,20). The zero-order valence-corrected chi connectivity index (χ0v) is 12.6. The Hall–Kier alpha value is -1.95. The number of amides is 1. The number of hydrogen-bond acceptors (Lipinski definition) is 5. The summed E-state index contributed by atoms with van der Waals surface area (Å²) in [6.45, 7) is 2.71. The van der Waals surface area contributed by atoms with Gasteiger partial charge in [0, 0.05) is 25.2 Å². The number of aromatic nitrogens is 2. The van der Waals surface area contributed by atoms with Crippen LogP contribution in [0.2, 0.25) is 0 Å². The molecule has 21 heavy (non-hydrogen) atoms. The Morgan fingerprint density at radius 1 is 1.29 bits per heavy atom. The van der Waals surface area contributed by atoms with E-state index in [1.807, 2.05) is 36.5 Å². The van der Waals surface area contributed by atoms with Gasteiger partial charge >= 0.3 is 0 Å². The molecule has 0 unspecified atom stereocenters. The second-order valence-corrected chi connectivity index (χ2v) is 5.83. The maximum atomic E-state index is 12.0. The highest BCUT2D eigenvalue weighted by atomic mass is 32.1. The fourth-order valence-corrected chi connectivity index (χ4v) is 3.03. The smallest absolute Gasteiger partial charge is 0.251 e. The number of carbonyl (C=O) groups excluding carboxylic acids is 1. The molecule has 1 aromatic heterocycles. The molecule has 1 fully saturated rings. The Balaban J connectivity index is 1.45. The number of nitrogens with zero attached hydrogens (tertiary/aromatic N) is 3. The van der Waals surface area contributed by atoms with Gasteiger partial charge in [-0.2, -0.15) is 8.75 Å². The molecule has 0 bridgehead atoms. The molecule has 0 aliphatic carbocycles. The minimum Gasteiger partial charge on any atom is -0.354 e. The van der Waals surface area contributed by atoms with Gasteiger partial charge in [-0.3, -0.25) is 4.79 Å². The summed E-state index contributed by atoms with van der Waals surface area (Å²) in [7, 11) is 0. The van der Waals surface area contributed by atoms with Crippen LogP contribution in [0.3, 0.4) is 0 Å². The Bertz CT molecular complexity index is 565. The van der Waals surface area contributed by atoms with Crippen molar-refractivity contribution in [2.45, 2.75) is 12.8 Å². The Labute approximate surface area is 128 Å². The SMILES string of the molecule is O=C(NCC1CCN(c2cnsn2)CC1)c1ccccc1. The first-order valence-electron chi connectivity index (χ1n) is 7.18. The predicted octanol–water partition coefficient (Wildman–Crippen LogP) is 2.18. The molecule has 0 saturated carbocycles. The summed E-state index contributed by atoms with van der Waals surface area (Å²) in [5.74, 6) is 1.54. The average Bonchev–Trinajstić information content (AvgIpc) is 3.08. The summed E-state index contributed by atoms with van der Waals surface area (Å²) in [6.07, 6.45) is 3.97. The minimum atomic E-state index is 0.0155. The van der Waals surface area contributed by atoms with E-state index in [1.54, 1.807) is 0 Å². The molecule has 1 aliphatic heterocycles. The summed E-state index contributed by atoms with van der Waals surface area (Å²) in [5.41, 5.74) is 0.725. The summed E-state index contributed by atoms with van der Waals surface area (Å²) < 4.78 is 8.31. The lowest BCUT2D eigenvalue weighted by Crippen LogP contribution is -2.38. The van der Waals surface area contributed by atoms with Crippen LogP contribution in [0, 0.1) is 5.92 Å². The van der Waals surface area contributed by atoms with Crippen molar-refractivity contribution in [2.75, 3.05) is 24.5 Å². The molecule has 1 N–H and O–H groups in total. The van der Waals surface area contributed by atoms with E-state index in [0.717, 1.165) is 43.9 Å². The monoisotopic (exact) mass is 302 g/mol. The topological polar surface area (TPSA) is 58.1 Å². The predicted molar refractivity (Wildman–Crippen MR) is 83.6 cm³/mol. The highest BCUT2D eigenvalue weighted by Crippen LogP contribution is 2.21. The van der Waals surface area contributed by atoms with Gasteiger partial charge in [0.2, 0.25) is 0 Å². The Morgan fingerprint density at radius 2 is 2.05 bits per heavy atom. The van der Waals surface area contributed by atoms with Crippen LogP contribution in [0.25, 0.3) is 0 Å². The van der Waals surface area contributed by atoms with Crippen LogP contribution in [-0.2, 0) is 0 Å². The second kappa shape index (κ2) is 6.67. The highest BCUT2D eigenvalue weighted by molar-refractivity contribution is 6.99. The first-order chi connectivity index (χ1) is 10.3. The third-order valence-electron chi connectivity index (χ3n) is 3.88. The molecule has 6 heteroatoms. The number of carbonyl (C=O) groups is 1. The van der Waals surface area contributed by atoms with Crippen molar-refractivity contribution in [1.29, 1.82) is 0 Å². The van der Waals surface area contributed by atoms with Crippen LogP contribution in [-0.4, -0.2) is 34.3 Å². The molecule has 0 atom stereocenters. The van der Waals surface area contributed by atoms with E-state index in [-0.39, 0.29) is 5.91 Å². The van der Waals surface area contributed by atoms with E-state index >= 15 is 0 Å². The maximum absolute atomic E-state index is 12.0. The summed E-state index contributed by atoms with van der Waals surface area (Å²) in [5, 5.41) is 3.03. The molecule has 2 aromatic rings. The van der Waals surface area contributed by atoms with Crippen LogP contribution in [0.1, 0.15) is 23.2 Å². The number of anilines is 1. The second-order valence-electron chi connectivity index (χ2n) is 5.27. The lowest BCUT2D eigenvalue weighted by molar-refractivity contribution is 0.0945. The van der Waals surface area contributed by atoms with E-state index in [4.69, 9.17) is 0 Å². The summed E-state index contributed by atoms with van der Waals surface area (Å²) >= 11 is 1.25. The van der Waals surface area contributed by atoms with Crippen molar-refractivity contribution >= 4 is 23.5 Å². The van der Waals surface area contributed by atoms with Crippen LogP contribution < -0.4 is 10.2 Å². The van der Waals surface area contributed by atoms with E-state index in [1.165, 1.54) is 11.7 Å². The van der Waals surface area contributed by atoms with Gasteiger partial charge in [-0.25, -0.2) is 0 Å². The van der Waals surface area contributed by atoms with Crippen molar-refractivity contribution in [1.82, 2.24) is 14.1 Å². The van der Waals surface area contributed by atoms with Gasteiger partial charge in [-0.1, -0.05) is 18.2 Å². The minimum absolute atomic E-state index is 0.0155. The largest absolute Gasteiger partial charge is 0.354 e. The fourth-order valence-electron chi connectivity index (χ4n) is 2.59. The lowest BCUT2D eigenvalue weighted by Gasteiger charge is -2.31. The molecule has 0 radical (unpaired) electrons. The molecular formula is C15H18N4OS. The van der Waals surface area contributed by atoms with Crippen molar-refractivity contribution in [2.24, 2.45) is 5.92 Å². The van der Waals surface area contributed by atoms with E-state index in [9.17, 15) is 4.79 Å². The number of rotatable bonds is 4. The maximum Gasteiger partial charge on any atom is 0.251 e. The quantitative estimate of drug-likeness (QED) is 0.940. The van der Waals surface area contributed by atoms with Crippen LogP contribution in [0.4, 0.5) is 5.82 Å². The third-order valence-corrected chi connectivity index (χ3v) is 4.34. The van der Waals surface area contributed by atoms with Gasteiger partial charge in [-0.05, 0) is 30.9 Å². The molecule has 0 spiro atoms. The third kappa shape index (κ3) is 3.58. The number of hydrogen-bond donors (Lipinski definition) is 1. The highest BCUT2D eigenvalue weighted by Gasteiger charge is 2.21. The van der Waals surface area contributed by atoms with Gasteiger partial charge in [-0.15, -0.1) is 0 Å². The fraction of sp³-hybridized carbons (Fsp3) is 0.400. The molecule has 1 amide bonds. The van der Waals surface area contributed by atoms with Crippen LogP contribution in [0.5, 0.6) is 0 Å². The first-order valence-corrected chi connectivity index (χ1v) is 7.92. The molecule has 5 nitrogen and oxygen atoms in total. The number of nitrogens with one attached hydrogen (secondary N) is 1. The molecule has 1 aliphatic rings. The normalized spacial score (nSPS) is 15.9. The zero-order valence-electron chi connectivity index (χ0n) is 11.7. The molecule has 3 rings (SSSR count). The summed E-state index contributed by atoms with van der Waals surface area (Å²) in [6, 6.07) is 9.37. The molecular weight excluding hydrogens is 284 g/mol. The average molecular weight is 302 g/mol. The Kier molecular flexibility index (Phi) is 4.45. The van der Waals surface area contributed by atoms with Crippen LogP contribution >= 0.6 is 11.7 Å². The van der Waals surface area contributed by atoms with Gasteiger partial charge in [0.15, 0.2) is 5.82 Å². The molecule has 1 saturated heterocycles. The van der Waals surface area contributed by atoms with Gasteiger partial charge in [0.05, 0.1) is 17.9 Å².